The van der Waals surface area contributed by atoms with Gasteiger partial charge in [0.15, 0.2) is 11.5 Å². The number of rotatable bonds is 4. The molecule has 4 rings (SSSR count). The first kappa shape index (κ1) is 17.0. The van der Waals surface area contributed by atoms with E-state index in [0.29, 0.717) is 17.0 Å². The molecule has 1 N–H and O–H groups in total. The summed E-state index contributed by atoms with van der Waals surface area (Å²) in [6, 6.07) is 12.1. The van der Waals surface area contributed by atoms with Crippen LogP contribution in [-0.4, -0.2) is 39.9 Å². The molecule has 7 nitrogen and oxygen atoms in total. The monoisotopic (exact) mass is 362 g/mol. The predicted molar refractivity (Wildman–Crippen MR) is 99.3 cm³/mol. The third-order valence-electron chi connectivity index (χ3n) is 4.45. The Bertz CT molecular complexity index is 962. The lowest BCUT2D eigenvalue weighted by molar-refractivity contribution is 0.0792. The van der Waals surface area contributed by atoms with Gasteiger partial charge in [-0.05, 0) is 43.2 Å². The summed E-state index contributed by atoms with van der Waals surface area (Å²) >= 11 is 0. The Morgan fingerprint density at radius 3 is 2.70 bits per heavy atom. The van der Waals surface area contributed by atoms with E-state index in [0.717, 1.165) is 31.5 Å². The number of anilines is 1. The second-order valence-electron chi connectivity index (χ2n) is 6.35. The van der Waals surface area contributed by atoms with Crippen LogP contribution >= 0.6 is 0 Å². The molecule has 1 aromatic carbocycles. The van der Waals surface area contributed by atoms with Crippen molar-refractivity contribution in [1.29, 1.82) is 0 Å². The van der Waals surface area contributed by atoms with Gasteiger partial charge in [-0.3, -0.25) is 14.6 Å². The largest absolute Gasteiger partial charge is 0.355 e. The summed E-state index contributed by atoms with van der Waals surface area (Å²) in [6.45, 7) is 1.57. The first-order chi connectivity index (χ1) is 13.2. The Kier molecular flexibility index (Phi) is 4.65. The van der Waals surface area contributed by atoms with Crippen molar-refractivity contribution in [2.75, 3.05) is 18.4 Å². The molecule has 3 heterocycles. The van der Waals surface area contributed by atoms with Gasteiger partial charge in [0.1, 0.15) is 0 Å². The van der Waals surface area contributed by atoms with Crippen molar-refractivity contribution in [3.63, 3.8) is 0 Å². The third kappa shape index (κ3) is 3.72. The zero-order chi connectivity index (χ0) is 18.6. The van der Waals surface area contributed by atoms with Crippen LogP contribution in [0.2, 0.25) is 0 Å². The number of nitrogens with zero attached hydrogens (tertiary/aromatic N) is 3. The van der Waals surface area contributed by atoms with E-state index in [1.54, 1.807) is 48.8 Å². The minimum Gasteiger partial charge on any atom is -0.355 e. The van der Waals surface area contributed by atoms with Gasteiger partial charge in [-0.1, -0.05) is 11.2 Å². The number of benzene rings is 1. The Labute approximate surface area is 156 Å². The summed E-state index contributed by atoms with van der Waals surface area (Å²) in [5.74, 6) is 0.0507. The lowest BCUT2D eigenvalue weighted by Crippen LogP contribution is -2.27. The molecule has 1 aliphatic heterocycles. The highest BCUT2D eigenvalue weighted by molar-refractivity contribution is 6.04. The molecule has 0 aliphatic carbocycles. The fourth-order valence-corrected chi connectivity index (χ4v) is 3.05. The van der Waals surface area contributed by atoms with Crippen LogP contribution in [0.5, 0.6) is 0 Å². The molecule has 7 heteroatoms. The van der Waals surface area contributed by atoms with Gasteiger partial charge in [0.2, 0.25) is 0 Å². The van der Waals surface area contributed by atoms with Crippen molar-refractivity contribution in [1.82, 2.24) is 15.0 Å². The van der Waals surface area contributed by atoms with E-state index in [2.05, 4.69) is 15.5 Å². The number of aromatic nitrogens is 2. The molecule has 0 radical (unpaired) electrons. The number of hydrogen-bond acceptors (Lipinski definition) is 5. The molecule has 1 fully saturated rings. The van der Waals surface area contributed by atoms with Gasteiger partial charge in [0, 0.05) is 48.4 Å². The summed E-state index contributed by atoms with van der Waals surface area (Å²) in [7, 11) is 0. The zero-order valence-electron chi connectivity index (χ0n) is 14.6. The third-order valence-corrected chi connectivity index (χ3v) is 4.45. The van der Waals surface area contributed by atoms with E-state index in [-0.39, 0.29) is 11.6 Å². The molecule has 0 atom stereocenters. The highest BCUT2D eigenvalue weighted by Gasteiger charge is 2.20. The second kappa shape index (κ2) is 7.41. The molecule has 136 valence electrons. The number of carbonyl (C=O) groups is 2. The average molecular weight is 362 g/mol. The lowest BCUT2D eigenvalue weighted by Gasteiger charge is -2.15. The fourth-order valence-electron chi connectivity index (χ4n) is 3.05. The van der Waals surface area contributed by atoms with E-state index in [9.17, 15) is 9.59 Å². The van der Waals surface area contributed by atoms with Crippen LogP contribution in [0.1, 0.15) is 33.7 Å². The van der Waals surface area contributed by atoms with Gasteiger partial charge < -0.3 is 14.7 Å². The van der Waals surface area contributed by atoms with Crippen LogP contribution in [-0.2, 0) is 0 Å². The van der Waals surface area contributed by atoms with Gasteiger partial charge in [0.25, 0.3) is 11.8 Å². The summed E-state index contributed by atoms with van der Waals surface area (Å²) < 4.78 is 5.23. The van der Waals surface area contributed by atoms with Crippen molar-refractivity contribution in [3.8, 4) is 11.3 Å². The highest BCUT2D eigenvalue weighted by atomic mass is 16.5. The molecule has 0 bridgehead atoms. The first-order valence-corrected chi connectivity index (χ1v) is 8.78. The Hall–Kier alpha value is -3.48. The molecule has 0 saturated carbocycles. The number of nitrogens with one attached hydrogen (secondary N) is 1. The predicted octanol–water partition coefficient (Wildman–Crippen LogP) is 3.22. The van der Waals surface area contributed by atoms with Crippen LogP contribution in [0.25, 0.3) is 11.3 Å². The molecule has 2 aromatic heterocycles. The molecule has 3 aromatic rings. The maximum absolute atomic E-state index is 12.5. The van der Waals surface area contributed by atoms with E-state index in [4.69, 9.17) is 4.52 Å². The van der Waals surface area contributed by atoms with Crippen LogP contribution in [0, 0.1) is 0 Å². The van der Waals surface area contributed by atoms with Crippen molar-refractivity contribution in [2.45, 2.75) is 12.8 Å². The van der Waals surface area contributed by atoms with Gasteiger partial charge in [-0.15, -0.1) is 0 Å². The fraction of sp³-hybridized carbons (Fsp3) is 0.200. The van der Waals surface area contributed by atoms with Crippen LogP contribution in [0.4, 0.5) is 5.69 Å². The smallest absolute Gasteiger partial charge is 0.277 e. The SMILES string of the molecule is O=C(Nc1cccc(C(=O)N2CCCC2)c1)c1cc(-c2cccnc2)on1. The number of likely N-dealkylation sites (tertiary alicyclic amines) is 1. The van der Waals surface area contributed by atoms with Gasteiger partial charge >= 0.3 is 0 Å². The minimum atomic E-state index is -0.403. The number of amides is 2. The zero-order valence-corrected chi connectivity index (χ0v) is 14.6. The van der Waals surface area contributed by atoms with Gasteiger partial charge in [0.05, 0.1) is 0 Å². The van der Waals surface area contributed by atoms with E-state index < -0.39 is 5.91 Å². The molecule has 27 heavy (non-hydrogen) atoms. The summed E-state index contributed by atoms with van der Waals surface area (Å²) in [4.78, 5) is 30.8. The molecular weight excluding hydrogens is 344 g/mol. The Balaban J connectivity index is 1.48. The molecular formula is C20H18N4O3. The standard InChI is InChI=1S/C20H18N4O3/c25-19(17-12-18(27-23-17)15-6-4-8-21-13-15)22-16-7-3-5-14(11-16)20(26)24-9-1-2-10-24/h3-8,11-13H,1-2,9-10H2,(H,22,25). The normalized spacial score (nSPS) is 13.6. The second-order valence-corrected chi connectivity index (χ2v) is 6.35. The van der Waals surface area contributed by atoms with Crippen LogP contribution < -0.4 is 5.32 Å². The van der Waals surface area contributed by atoms with Crippen LogP contribution in [0.15, 0.2) is 59.4 Å². The van der Waals surface area contributed by atoms with Crippen molar-refractivity contribution < 1.29 is 14.1 Å². The first-order valence-electron chi connectivity index (χ1n) is 8.78. The van der Waals surface area contributed by atoms with Crippen molar-refractivity contribution >= 4 is 17.5 Å². The number of pyridine rings is 1. The molecule has 1 saturated heterocycles. The molecule has 0 unspecified atom stereocenters. The van der Waals surface area contributed by atoms with E-state index in [1.165, 1.54) is 0 Å². The highest BCUT2D eigenvalue weighted by Crippen LogP contribution is 2.20. The summed E-state index contributed by atoms with van der Waals surface area (Å²) in [5, 5.41) is 6.58. The maximum Gasteiger partial charge on any atom is 0.277 e. The maximum atomic E-state index is 12.5. The molecule has 1 aliphatic rings. The van der Waals surface area contributed by atoms with Crippen LogP contribution in [0.3, 0.4) is 0 Å². The average Bonchev–Trinajstić information content (AvgIpc) is 3.40. The quantitative estimate of drug-likeness (QED) is 0.770. The van der Waals surface area contributed by atoms with E-state index >= 15 is 0 Å². The Morgan fingerprint density at radius 1 is 1.07 bits per heavy atom. The van der Waals surface area contributed by atoms with Gasteiger partial charge in [-0.2, -0.15) is 0 Å². The minimum absolute atomic E-state index is 0.0103. The molecule has 0 spiro atoms. The van der Waals surface area contributed by atoms with Crippen molar-refractivity contribution in [2.24, 2.45) is 0 Å². The summed E-state index contributed by atoms with van der Waals surface area (Å²) in [5.41, 5.74) is 1.99. The van der Waals surface area contributed by atoms with E-state index in [1.807, 2.05) is 11.0 Å². The number of hydrogen-bond donors (Lipinski definition) is 1. The van der Waals surface area contributed by atoms with Crippen molar-refractivity contribution in [3.05, 3.63) is 66.1 Å². The summed E-state index contributed by atoms with van der Waals surface area (Å²) in [6.07, 6.45) is 5.36. The molecule has 2 amide bonds. The Morgan fingerprint density at radius 2 is 1.93 bits per heavy atom. The number of carbonyl (C=O) groups excluding carboxylic acids is 2. The topological polar surface area (TPSA) is 88.3 Å². The lowest BCUT2D eigenvalue weighted by atomic mass is 10.1. The van der Waals surface area contributed by atoms with Gasteiger partial charge in [-0.25, -0.2) is 0 Å².